The maximum absolute atomic E-state index is 9.66. The number of halogens is 1. The van der Waals surface area contributed by atoms with Crippen LogP contribution in [0.25, 0.3) is 0 Å². The Bertz CT molecular complexity index is 912. The van der Waals surface area contributed by atoms with Gasteiger partial charge in [0.25, 0.3) is 0 Å². The molecule has 0 atom stereocenters. The number of rotatable bonds is 6. The number of thioether (sulfide) groups is 1. The number of hydrogen-bond donors (Lipinski definition) is 1. The fourth-order valence-electron chi connectivity index (χ4n) is 2.75. The molecule has 7 heteroatoms. The number of aromatic nitrogens is 2. The molecule has 26 heavy (non-hydrogen) atoms. The average molecular weight is 433 g/mol. The summed E-state index contributed by atoms with van der Waals surface area (Å²) in [5, 5.41) is 10.5. The van der Waals surface area contributed by atoms with Gasteiger partial charge in [0.15, 0.2) is 16.7 Å². The number of fused-ring (bicyclic) bond motifs is 1. The number of aliphatic hydroxyl groups is 1. The number of imidazole rings is 1. The molecule has 0 saturated carbocycles. The third kappa shape index (κ3) is 3.75. The van der Waals surface area contributed by atoms with Gasteiger partial charge in [0, 0.05) is 10.2 Å². The van der Waals surface area contributed by atoms with Gasteiger partial charge in [0.1, 0.15) is 0 Å². The number of aliphatic hydroxyl groups excluding tert-OH is 1. The lowest BCUT2D eigenvalue weighted by Gasteiger charge is -2.11. The van der Waals surface area contributed by atoms with Gasteiger partial charge in [-0.3, -0.25) is 0 Å². The lowest BCUT2D eigenvalue weighted by Crippen LogP contribution is -2.06. The summed E-state index contributed by atoms with van der Waals surface area (Å²) in [6.45, 7) is 0.839. The molecule has 134 valence electrons. The first kappa shape index (κ1) is 17.5. The van der Waals surface area contributed by atoms with Crippen LogP contribution in [0.4, 0.5) is 0 Å². The van der Waals surface area contributed by atoms with E-state index in [4.69, 9.17) is 9.47 Å². The van der Waals surface area contributed by atoms with Crippen molar-refractivity contribution >= 4 is 27.7 Å². The SMILES string of the molecule is OCc1cnc(SCc2ccc(Br)cc2)n1Cc1ccc2c(c1)OCO2. The lowest BCUT2D eigenvalue weighted by atomic mass is 10.2. The second-order valence-corrected chi connectivity index (χ2v) is 7.74. The summed E-state index contributed by atoms with van der Waals surface area (Å²) in [6, 6.07) is 14.2. The number of nitrogens with zero attached hydrogens (tertiary/aromatic N) is 2. The molecular formula is C19H17BrN2O3S. The lowest BCUT2D eigenvalue weighted by molar-refractivity contribution is 0.174. The molecule has 5 nitrogen and oxygen atoms in total. The Balaban J connectivity index is 1.53. The van der Waals surface area contributed by atoms with Crippen LogP contribution >= 0.6 is 27.7 Å². The Hall–Kier alpha value is -1.96. The van der Waals surface area contributed by atoms with E-state index in [0.717, 1.165) is 38.1 Å². The van der Waals surface area contributed by atoms with E-state index < -0.39 is 0 Å². The Morgan fingerprint density at radius 1 is 1.08 bits per heavy atom. The van der Waals surface area contributed by atoms with Gasteiger partial charge in [-0.15, -0.1) is 0 Å². The molecule has 0 fully saturated rings. The largest absolute Gasteiger partial charge is 0.454 e. The molecule has 0 spiro atoms. The van der Waals surface area contributed by atoms with E-state index in [0.29, 0.717) is 6.54 Å². The first-order chi connectivity index (χ1) is 12.7. The molecule has 2 aromatic carbocycles. The van der Waals surface area contributed by atoms with Crippen LogP contribution in [0.5, 0.6) is 11.5 Å². The van der Waals surface area contributed by atoms with Gasteiger partial charge in [-0.2, -0.15) is 0 Å². The van der Waals surface area contributed by atoms with E-state index >= 15 is 0 Å². The molecule has 4 rings (SSSR count). The summed E-state index contributed by atoms with van der Waals surface area (Å²) >= 11 is 5.11. The molecule has 3 aromatic rings. The highest BCUT2D eigenvalue weighted by Crippen LogP contribution is 2.33. The van der Waals surface area contributed by atoms with Crippen molar-refractivity contribution < 1.29 is 14.6 Å². The zero-order valence-corrected chi connectivity index (χ0v) is 16.3. The molecule has 0 bridgehead atoms. The fraction of sp³-hybridized carbons (Fsp3) is 0.211. The molecule has 0 aliphatic carbocycles. The van der Waals surface area contributed by atoms with Crippen LogP contribution in [-0.2, 0) is 18.9 Å². The Morgan fingerprint density at radius 2 is 1.85 bits per heavy atom. The van der Waals surface area contributed by atoms with Gasteiger partial charge < -0.3 is 19.1 Å². The third-order valence-corrected chi connectivity index (χ3v) is 5.71. The number of ether oxygens (including phenoxy) is 2. The summed E-state index contributed by atoms with van der Waals surface area (Å²) in [6.07, 6.45) is 1.73. The Kier molecular flexibility index (Phi) is 5.19. The smallest absolute Gasteiger partial charge is 0.231 e. The first-order valence-electron chi connectivity index (χ1n) is 8.14. The summed E-state index contributed by atoms with van der Waals surface area (Å²) in [4.78, 5) is 4.49. The van der Waals surface area contributed by atoms with Crippen LogP contribution in [0, 0.1) is 0 Å². The van der Waals surface area contributed by atoms with Gasteiger partial charge in [-0.1, -0.05) is 45.9 Å². The summed E-state index contributed by atoms with van der Waals surface area (Å²) in [7, 11) is 0. The molecule has 1 aliphatic rings. The van der Waals surface area contributed by atoms with Crippen molar-refractivity contribution in [1.82, 2.24) is 9.55 Å². The zero-order valence-electron chi connectivity index (χ0n) is 13.9. The highest BCUT2D eigenvalue weighted by atomic mass is 79.9. The van der Waals surface area contributed by atoms with E-state index in [1.165, 1.54) is 5.56 Å². The molecule has 0 radical (unpaired) electrons. The van der Waals surface area contributed by atoms with Crippen molar-refractivity contribution in [3.63, 3.8) is 0 Å². The summed E-state index contributed by atoms with van der Waals surface area (Å²) < 4.78 is 13.9. The molecule has 2 heterocycles. The van der Waals surface area contributed by atoms with Crippen molar-refractivity contribution in [2.75, 3.05) is 6.79 Å². The van der Waals surface area contributed by atoms with Gasteiger partial charge >= 0.3 is 0 Å². The maximum atomic E-state index is 9.66. The molecular weight excluding hydrogens is 416 g/mol. The van der Waals surface area contributed by atoms with E-state index in [-0.39, 0.29) is 13.4 Å². The van der Waals surface area contributed by atoms with Crippen LogP contribution in [0.15, 0.2) is 58.3 Å². The first-order valence-corrected chi connectivity index (χ1v) is 9.92. The van der Waals surface area contributed by atoms with E-state index in [1.54, 1.807) is 18.0 Å². The summed E-state index contributed by atoms with van der Waals surface area (Å²) in [5.74, 6) is 2.35. The fourth-order valence-corrected chi connectivity index (χ4v) is 3.97. The minimum Gasteiger partial charge on any atom is -0.454 e. The molecule has 1 N–H and O–H groups in total. The molecule has 1 aliphatic heterocycles. The molecule has 1 aromatic heterocycles. The Labute approximate surface area is 164 Å². The average Bonchev–Trinajstić information content (AvgIpc) is 3.27. The third-order valence-electron chi connectivity index (χ3n) is 4.12. The van der Waals surface area contributed by atoms with Gasteiger partial charge in [0.05, 0.1) is 25.0 Å². The minimum atomic E-state index is -0.0452. The van der Waals surface area contributed by atoms with Crippen molar-refractivity contribution in [1.29, 1.82) is 0 Å². The van der Waals surface area contributed by atoms with Gasteiger partial charge in [0.2, 0.25) is 6.79 Å². The maximum Gasteiger partial charge on any atom is 0.231 e. The molecule has 0 amide bonds. The standard InChI is InChI=1S/C19H17BrN2O3S/c20-15-4-1-13(2-5-15)11-26-19-21-8-16(10-23)22(19)9-14-3-6-17-18(7-14)25-12-24-17/h1-8,23H,9-12H2. The number of benzene rings is 2. The molecule has 0 unspecified atom stereocenters. The highest BCUT2D eigenvalue weighted by molar-refractivity contribution is 9.10. The van der Waals surface area contributed by atoms with E-state index in [9.17, 15) is 5.11 Å². The minimum absolute atomic E-state index is 0.0452. The van der Waals surface area contributed by atoms with Crippen molar-refractivity contribution in [2.24, 2.45) is 0 Å². The predicted octanol–water partition coefficient (Wildman–Crippen LogP) is 4.21. The predicted molar refractivity (Wildman–Crippen MR) is 104 cm³/mol. The molecule has 0 saturated heterocycles. The topological polar surface area (TPSA) is 56.5 Å². The monoisotopic (exact) mass is 432 g/mol. The highest BCUT2D eigenvalue weighted by Gasteiger charge is 2.15. The van der Waals surface area contributed by atoms with Crippen LogP contribution < -0.4 is 9.47 Å². The van der Waals surface area contributed by atoms with Crippen molar-refractivity contribution in [3.05, 3.63) is 70.0 Å². The van der Waals surface area contributed by atoms with Gasteiger partial charge in [-0.25, -0.2) is 4.98 Å². The van der Waals surface area contributed by atoms with Crippen LogP contribution in [0.1, 0.15) is 16.8 Å². The van der Waals surface area contributed by atoms with Crippen molar-refractivity contribution in [2.45, 2.75) is 24.1 Å². The second-order valence-electron chi connectivity index (χ2n) is 5.88. The van der Waals surface area contributed by atoms with Gasteiger partial charge in [-0.05, 0) is 35.4 Å². The second kappa shape index (κ2) is 7.73. The van der Waals surface area contributed by atoms with Crippen LogP contribution in [0.3, 0.4) is 0 Å². The summed E-state index contributed by atoms with van der Waals surface area (Å²) in [5.41, 5.74) is 3.09. The quantitative estimate of drug-likeness (QED) is 0.591. The zero-order chi connectivity index (χ0) is 17.9. The number of hydrogen-bond acceptors (Lipinski definition) is 5. The van der Waals surface area contributed by atoms with E-state index in [1.807, 2.05) is 34.9 Å². The van der Waals surface area contributed by atoms with Crippen LogP contribution in [0.2, 0.25) is 0 Å². The Morgan fingerprint density at radius 3 is 2.65 bits per heavy atom. The van der Waals surface area contributed by atoms with E-state index in [2.05, 4.69) is 33.0 Å². The normalized spacial score (nSPS) is 12.5. The van der Waals surface area contributed by atoms with Crippen molar-refractivity contribution in [3.8, 4) is 11.5 Å². The van der Waals surface area contributed by atoms with Crippen LogP contribution in [-0.4, -0.2) is 21.5 Å².